The van der Waals surface area contributed by atoms with Crippen molar-refractivity contribution in [2.75, 3.05) is 62.0 Å². The summed E-state index contributed by atoms with van der Waals surface area (Å²) in [5.41, 5.74) is -0.214. The van der Waals surface area contributed by atoms with E-state index < -0.39 is 37.3 Å². The molecule has 2 saturated heterocycles. The second-order valence-electron chi connectivity index (χ2n) is 6.91. The number of hydrogen-bond acceptors (Lipinski definition) is 7. The number of halogens is 2. The molecular formula is C18H24F2N3O6P. The summed E-state index contributed by atoms with van der Waals surface area (Å²) < 4.78 is 56.9. The van der Waals surface area contributed by atoms with E-state index in [-0.39, 0.29) is 49.9 Å². The minimum atomic E-state index is -2.75. The molecule has 1 N–H and O–H groups in total. The molecule has 2 fully saturated rings. The van der Waals surface area contributed by atoms with Crippen LogP contribution in [0.3, 0.4) is 0 Å². The predicted octanol–water partition coefficient (Wildman–Crippen LogP) is 2.78. The summed E-state index contributed by atoms with van der Waals surface area (Å²) in [7, 11) is -1.55. The highest BCUT2D eigenvalue weighted by atomic mass is 31.2. The van der Waals surface area contributed by atoms with E-state index in [1.54, 1.807) is 6.92 Å². The Morgan fingerprint density at radius 2 is 1.93 bits per heavy atom. The quantitative estimate of drug-likeness (QED) is 0.670. The average molecular weight is 447 g/mol. The Balaban J connectivity index is 1.70. The molecule has 0 unspecified atom stereocenters. The maximum atomic E-state index is 14.8. The Bertz CT molecular complexity index is 835. The zero-order valence-electron chi connectivity index (χ0n) is 16.7. The molecule has 30 heavy (non-hydrogen) atoms. The van der Waals surface area contributed by atoms with E-state index in [9.17, 15) is 22.9 Å². The summed E-state index contributed by atoms with van der Waals surface area (Å²) in [4.78, 5) is 25.8. The van der Waals surface area contributed by atoms with E-state index in [1.807, 2.05) is 0 Å². The molecule has 12 heteroatoms. The first-order chi connectivity index (χ1) is 14.3. The van der Waals surface area contributed by atoms with Crippen molar-refractivity contribution >= 4 is 30.9 Å². The number of carbonyl (C=O) groups excluding carboxylic acids is 2. The highest BCUT2D eigenvalue weighted by Crippen LogP contribution is 2.49. The summed E-state index contributed by atoms with van der Waals surface area (Å²) >= 11 is 0. The number of alkyl carbamates (subject to hydrolysis) is 1. The average Bonchev–Trinajstić information content (AvgIpc) is 3.08. The van der Waals surface area contributed by atoms with E-state index in [0.717, 1.165) is 17.0 Å². The lowest BCUT2D eigenvalue weighted by molar-refractivity contribution is 0.132. The molecule has 1 atom stereocenters. The lowest BCUT2D eigenvalue weighted by Crippen LogP contribution is -2.36. The number of nitrogens with zero attached hydrogens (tertiary/aromatic N) is 2. The van der Waals surface area contributed by atoms with Crippen molar-refractivity contribution in [1.29, 1.82) is 0 Å². The molecule has 0 radical (unpaired) electrons. The van der Waals surface area contributed by atoms with Crippen molar-refractivity contribution < 1.29 is 36.9 Å². The van der Waals surface area contributed by atoms with Gasteiger partial charge in [0.25, 0.3) is 0 Å². The van der Waals surface area contributed by atoms with Crippen molar-refractivity contribution in [3.63, 3.8) is 0 Å². The molecule has 0 aromatic heterocycles. The van der Waals surface area contributed by atoms with Crippen LogP contribution in [0.2, 0.25) is 0 Å². The number of nitrogens with one attached hydrogen (secondary N) is 1. The first-order valence-corrected chi connectivity index (χ1v) is 11.5. The number of ether oxygens (including phenoxy) is 2. The highest BCUT2D eigenvalue weighted by Gasteiger charge is 2.35. The summed E-state index contributed by atoms with van der Waals surface area (Å²) in [5.74, 6) is -1.66. The molecule has 2 heterocycles. The molecule has 2 aliphatic heterocycles. The third kappa shape index (κ3) is 4.84. The van der Waals surface area contributed by atoms with Crippen LogP contribution in [0, 0.1) is 11.6 Å². The van der Waals surface area contributed by atoms with Crippen LogP contribution in [-0.4, -0.2) is 70.5 Å². The molecule has 0 bridgehead atoms. The van der Waals surface area contributed by atoms with Crippen LogP contribution in [-0.2, 0) is 18.6 Å². The van der Waals surface area contributed by atoms with Gasteiger partial charge < -0.3 is 24.2 Å². The van der Waals surface area contributed by atoms with Gasteiger partial charge in [-0.1, -0.05) is 0 Å². The standard InChI is InChI=1S/C18H24F2N3O6P/c1-3-28-30(26)6-4-22(5-7-30)16-14(19)8-12(9-15(16)20)23-11-13(29-18(23)25)10-21-17(24)27-2/h8-9,13H,3-7,10-11H2,1-2H3,(H,21,24)/t13-/m0/s1. The van der Waals surface area contributed by atoms with E-state index in [1.165, 1.54) is 12.0 Å². The Morgan fingerprint density at radius 1 is 1.30 bits per heavy atom. The summed E-state index contributed by atoms with van der Waals surface area (Å²) in [6, 6.07) is 2.12. The third-order valence-electron chi connectivity index (χ3n) is 4.95. The number of rotatable bonds is 6. The van der Waals surface area contributed by atoms with Crippen molar-refractivity contribution in [3.8, 4) is 0 Å². The molecule has 1 aromatic rings. The van der Waals surface area contributed by atoms with Gasteiger partial charge in [0.15, 0.2) is 11.6 Å². The van der Waals surface area contributed by atoms with Crippen LogP contribution < -0.4 is 15.1 Å². The van der Waals surface area contributed by atoms with Crippen molar-refractivity contribution in [2.45, 2.75) is 13.0 Å². The topological polar surface area (TPSA) is 97.4 Å². The van der Waals surface area contributed by atoms with Crippen LogP contribution in [0.4, 0.5) is 29.7 Å². The van der Waals surface area contributed by atoms with E-state index in [4.69, 9.17) is 9.26 Å². The Labute approximate surface area is 172 Å². The Kier molecular flexibility index (Phi) is 6.82. The molecule has 2 amide bonds. The predicted molar refractivity (Wildman–Crippen MR) is 106 cm³/mol. The third-order valence-corrected chi connectivity index (χ3v) is 7.44. The van der Waals surface area contributed by atoms with Gasteiger partial charge in [0, 0.05) is 37.5 Å². The lowest BCUT2D eigenvalue weighted by atomic mass is 10.2. The van der Waals surface area contributed by atoms with Crippen molar-refractivity contribution in [3.05, 3.63) is 23.8 Å². The largest absolute Gasteiger partial charge is 0.453 e. The van der Waals surface area contributed by atoms with Crippen molar-refractivity contribution in [1.82, 2.24) is 5.32 Å². The highest BCUT2D eigenvalue weighted by molar-refractivity contribution is 7.59. The van der Waals surface area contributed by atoms with Crippen LogP contribution in [0.15, 0.2) is 12.1 Å². The molecule has 0 spiro atoms. The number of hydrogen-bond donors (Lipinski definition) is 1. The maximum Gasteiger partial charge on any atom is 0.414 e. The second kappa shape index (κ2) is 9.18. The minimum Gasteiger partial charge on any atom is -0.453 e. The van der Waals surface area contributed by atoms with Crippen LogP contribution >= 0.6 is 7.37 Å². The summed E-state index contributed by atoms with van der Waals surface area (Å²) in [6.07, 6.45) is -1.70. The molecule has 9 nitrogen and oxygen atoms in total. The zero-order valence-corrected chi connectivity index (χ0v) is 17.6. The summed E-state index contributed by atoms with van der Waals surface area (Å²) in [6.45, 7) is 2.52. The van der Waals surface area contributed by atoms with Gasteiger partial charge in [-0.05, 0) is 6.92 Å². The van der Waals surface area contributed by atoms with Gasteiger partial charge in [-0.2, -0.15) is 0 Å². The molecule has 166 valence electrons. The molecule has 1 aromatic carbocycles. The normalized spacial score (nSPS) is 20.8. The molecule has 0 saturated carbocycles. The van der Waals surface area contributed by atoms with Gasteiger partial charge >= 0.3 is 12.2 Å². The molecular weight excluding hydrogens is 423 g/mol. The van der Waals surface area contributed by atoms with E-state index in [0.29, 0.717) is 6.61 Å². The maximum absolute atomic E-state index is 14.8. The molecule has 2 aliphatic rings. The van der Waals surface area contributed by atoms with Crippen LogP contribution in [0.1, 0.15) is 6.92 Å². The smallest absolute Gasteiger partial charge is 0.414 e. The number of benzene rings is 1. The van der Waals surface area contributed by atoms with Crippen molar-refractivity contribution in [2.24, 2.45) is 0 Å². The Morgan fingerprint density at radius 3 is 2.50 bits per heavy atom. The fourth-order valence-electron chi connectivity index (χ4n) is 3.48. The number of cyclic esters (lactones) is 1. The van der Waals surface area contributed by atoms with Gasteiger partial charge in [-0.3, -0.25) is 9.46 Å². The van der Waals surface area contributed by atoms with Gasteiger partial charge in [0.1, 0.15) is 11.8 Å². The molecule has 3 rings (SSSR count). The Hall–Kier alpha value is -2.39. The van der Waals surface area contributed by atoms with Crippen LogP contribution in [0.5, 0.6) is 0 Å². The van der Waals surface area contributed by atoms with Gasteiger partial charge in [-0.15, -0.1) is 0 Å². The number of methoxy groups -OCH3 is 1. The molecule has 0 aliphatic carbocycles. The van der Waals surface area contributed by atoms with Gasteiger partial charge in [-0.25, -0.2) is 18.4 Å². The number of anilines is 2. The number of amides is 2. The zero-order chi connectivity index (χ0) is 21.9. The van der Waals surface area contributed by atoms with E-state index in [2.05, 4.69) is 10.1 Å². The first-order valence-electron chi connectivity index (χ1n) is 9.53. The van der Waals surface area contributed by atoms with Gasteiger partial charge in [0.05, 0.1) is 32.5 Å². The monoisotopic (exact) mass is 447 g/mol. The lowest BCUT2D eigenvalue weighted by Gasteiger charge is -2.33. The fourth-order valence-corrected chi connectivity index (χ4v) is 5.52. The fraction of sp³-hybridized carbons (Fsp3) is 0.556. The van der Waals surface area contributed by atoms with E-state index >= 15 is 0 Å². The summed E-state index contributed by atoms with van der Waals surface area (Å²) in [5, 5.41) is 2.40. The SMILES string of the molecule is CCOP1(=O)CCN(c2c(F)cc(N3C[C@H](CNC(=O)OC)OC3=O)cc2F)CC1. The second-order valence-corrected chi connectivity index (χ2v) is 9.70. The first kappa shape index (κ1) is 22.3. The van der Waals surface area contributed by atoms with Crippen LogP contribution in [0.25, 0.3) is 0 Å². The minimum absolute atomic E-state index is 0.00558. The van der Waals surface area contributed by atoms with Gasteiger partial charge in [0.2, 0.25) is 7.37 Å². The number of carbonyl (C=O) groups is 2.